The second kappa shape index (κ2) is 4.92. The summed E-state index contributed by atoms with van der Waals surface area (Å²) in [5, 5.41) is 7.01. The van der Waals surface area contributed by atoms with Gasteiger partial charge in [-0.3, -0.25) is 15.2 Å². The van der Waals surface area contributed by atoms with Crippen LogP contribution in [0, 0.1) is 0 Å². The van der Waals surface area contributed by atoms with Crippen molar-refractivity contribution in [3.8, 4) is 0 Å². The molecule has 0 unspecified atom stereocenters. The minimum Gasteiger partial charge on any atom is -0.330 e. The third-order valence-electron chi connectivity index (χ3n) is 1.61. The minimum absolute atomic E-state index is 0.117. The van der Waals surface area contributed by atoms with Gasteiger partial charge in [-0.15, -0.1) is 5.10 Å². The van der Waals surface area contributed by atoms with Gasteiger partial charge in [0.05, 0.1) is 0 Å². The molecular formula is C7H10F3N5O. The van der Waals surface area contributed by atoms with Crippen molar-refractivity contribution in [2.45, 2.75) is 19.0 Å². The Morgan fingerprint density at radius 2 is 2.19 bits per heavy atom. The number of halogens is 3. The monoisotopic (exact) mass is 237 g/mol. The summed E-state index contributed by atoms with van der Waals surface area (Å²) in [4.78, 5) is 14.2. The molecular weight excluding hydrogens is 227 g/mol. The van der Waals surface area contributed by atoms with Gasteiger partial charge in [-0.05, 0) is 13.0 Å². The number of hydrogen-bond donors (Lipinski definition) is 3. The first-order valence-electron chi connectivity index (χ1n) is 4.43. The maximum Gasteiger partial charge on any atom is 0.451 e. The molecule has 0 radical (unpaired) electrons. The summed E-state index contributed by atoms with van der Waals surface area (Å²) in [6.07, 6.45) is -4.04. The smallest absolute Gasteiger partial charge is 0.330 e. The number of carbonyl (C=O) groups is 1. The van der Waals surface area contributed by atoms with Gasteiger partial charge < -0.3 is 5.73 Å². The lowest BCUT2D eigenvalue weighted by Crippen LogP contribution is -2.14. The number of nitrogens with one attached hydrogen (secondary N) is 2. The van der Waals surface area contributed by atoms with Crippen LogP contribution in [0.25, 0.3) is 0 Å². The fraction of sp³-hybridized carbons (Fsp3) is 0.571. The van der Waals surface area contributed by atoms with Crippen LogP contribution in [0.15, 0.2) is 0 Å². The summed E-state index contributed by atoms with van der Waals surface area (Å²) in [7, 11) is 0. The normalized spacial score (nSPS) is 11.5. The molecule has 0 atom stereocenters. The number of nitrogens with two attached hydrogens (primary N) is 1. The van der Waals surface area contributed by atoms with Crippen LogP contribution in [-0.4, -0.2) is 27.6 Å². The molecule has 6 nitrogen and oxygen atoms in total. The van der Waals surface area contributed by atoms with Crippen molar-refractivity contribution >= 4 is 11.9 Å². The molecule has 0 aliphatic heterocycles. The van der Waals surface area contributed by atoms with Crippen LogP contribution in [0.1, 0.15) is 18.7 Å². The Morgan fingerprint density at radius 1 is 1.50 bits per heavy atom. The molecule has 16 heavy (non-hydrogen) atoms. The quantitative estimate of drug-likeness (QED) is 0.710. The van der Waals surface area contributed by atoms with E-state index in [-0.39, 0.29) is 6.42 Å². The van der Waals surface area contributed by atoms with Gasteiger partial charge >= 0.3 is 6.18 Å². The molecule has 0 spiro atoms. The predicted molar refractivity (Wildman–Crippen MR) is 48.3 cm³/mol. The lowest BCUT2D eigenvalue weighted by molar-refractivity contribution is -0.144. The van der Waals surface area contributed by atoms with Gasteiger partial charge in [0, 0.05) is 6.42 Å². The molecule has 0 aromatic carbocycles. The predicted octanol–water partition coefficient (Wildman–Crippen LogP) is 0.501. The largest absolute Gasteiger partial charge is 0.451 e. The van der Waals surface area contributed by atoms with Crippen LogP contribution in [0.2, 0.25) is 0 Å². The fourth-order valence-corrected chi connectivity index (χ4v) is 0.894. The first kappa shape index (κ1) is 12.4. The lowest BCUT2D eigenvalue weighted by Gasteiger charge is -1.99. The number of amides is 1. The number of nitrogens with zero attached hydrogens (tertiary/aromatic N) is 2. The maximum atomic E-state index is 12.1. The fourth-order valence-electron chi connectivity index (χ4n) is 0.894. The van der Waals surface area contributed by atoms with Gasteiger partial charge in [-0.2, -0.15) is 18.2 Å². The molecule has 1 aromatic rings. The number of carbonyl (C=O) groups excluding carboxylic acids is 1. The maximum absolute atomic E-state index is 12.1. The van der Waals surface area contributed by atoms with E-state index in [1.807, 2.05) is 0 Å². The van der Waals surface area contributed by atoms with E-state index in [1.165, 1.54) is 0 Å². The number of aromatic amines is 1. The Kier molecular flexibility index (Phi) is 3.82. The van der Waals surface area contributed by atoms with E-state index < -0.39 is 23.9 Å². The lowest BCUT2D eigenvalue weighted by atomic mass is 10.3. The first-order valence-corrected chi connectivity index (χ1v) is 4.43. The third-order valence-corrected chi connectivity index (χ3v) is 1.61. The summed E-state index contributed by atoms with van der Waals surface area (Å²) in [5.41, 5.74) is 5.17. The molecule has 0 aliphatic carbocycles. The van der Waals surface area contributed by atoms with Crippen molar-refractivity contribution in [3.63, 3.8) is 0 Å². The number of hydrogen-bond acceptors (Lipinski definition) is 4. The van der Waals surface area contributed by atoms with Gasteiger partial charge in [-0.25, -0.2) is 0 Å². The molecule has 0 bridgehead atoms. The van der Waals surface area contributed by atoms with Crippen LogP contribution in [0.3, 0.4) is 0 Å². The van der Waals surface area contributed by atoms with Crippen molar-refractivity contribution < 1.29 is 18.0 Å². The van der Waals surface area contributed by atoms with Gasteiger partial charge in [0.15, 0.2) is 0 Å². The number of rotatable bonds is 4. The number of H-pyrrole nitrogens is 1. The van der Waals surface area contributed by atoms with Crippen molar-refractivity contribution in [2.75, 3.05) is 11.9 Å². The first-order chi connectivity index (χ1) is 7.43. The highest BCUT2D eigenvalue weighted by atomic mass is 19.4. The average Bonchev–Trinajstić information content (AvgIpc) is 2.62. The highest BCUT2D eigenvalue weighted by molar-refractivity contribution is 5.88. The van der Waals surface area contributed by atoms with Crippen molar-refractivity contribution in [2.24, 2.45) is 5.73 Å². The zero-order chi connectivity index (χ0) is 12.2. The van der Waals surface area contributed by atoms with E-state index in [4.69, 9.17) is 5.73 Å². The molecule has 4 N–H and O–H groups in total. The summed E-state index contributed by atoms with van der Waals surface area (Å²) in [5.74, 6) is -2.12. The summed E-state index contributed by atoms with van der Waals surface area (Å²) in [6, 6.07) is 0. The zero-order valence-electron chi connectivity index (χ0n) is 8.14. The van der Waals surface area contributed by atoms with E-state index in [0.29, 0.717) is 13.0 Å². The van der Waals surface area contributed by atoms with Crippen molar-refractivity contribution in [1.82, 2.24) is 15.2 Å². The van der Waals surface area contributed by atoms with Crippen LogP contribution >= 0.6 is 0 Å². The summed E-state index contributed by atoms with van der Waals surface area (Å²) >= 11 is 0. The van der Waals surface area contributed by atoms with Crippen LogP contribution < -0.4 is 11.1 Å². The van der Waals surface area contributed by atoms with Gasteiger partial charge in [0.2, 0.25) is 17.7 Å². The number of alkyl halides is 3. The second-order valence-electron chi connectivity index (χ2n) is 2.95. The number of anilines is 1. The minimum atomic E-state index is -4.60. The third kappa shape index (κ3) is 3.50. The SMILES string of the molecule is NCCCC(=O)Nc1n[nH]c(C(F)(F)F)n1. The highest BCUT2D eigenvalue weighted by Gasteiger charge is 2.35. The van der Waals surface area contributed by atoms with Crippen molar-refractivity contribution in [3.05, 3.63) is 5.82 Å². The summed E-state index contributed by atoms with van der Waals surface area (Å²) < 4.78 is 36.2. The standard InChI is InChI=1S/C7H10F3N5O/c8-7(9,10)5-13-6(15-14-5)12-4(16)2-1-3-11/h1-3,11H2,(H2,12,13,14,15,16). The second-order valence-corrected chi connectivity index (χ2v) is 2.95. The van der Waals surface area contributed by atoms with E-state index >= 15 is 0 Å². The molecule has 1 aromatic heterocycles. The molecule has 0 fully saturated rings. The Morgan fingerprint density at radius 3 is 2.69 bits per heavy atom. The highest BCUT2D eigenvalue weighted by Crippen LogP contribution is 2.26. The van der Waals surface area contributed by atoms with Crippen LogP contribution in [0.5, 0.6) is 0 Å². The molecule has 0 aliphatic rings. The van der Waals surface area contributed by atoms with Gasteiger partial charge in [0.25, 0.3) is 0 Å². The zero-order valence-corrected chi connectivity index (χ0v) is 8.14. The van der Waals surface area contributed by atoms with Gasteiger partial charge in [-0.1, -0.05) is 0 Å². The molecule has 9 heteroatoms. The molecule has 1 amide bonds. The van der Waals surface area contributed by atoms with Crippen LogP contribution in [0.4, 0.5) is 19.1 Å². The van der Waals surface area contributed by atoms with E-state index in [1.54, 1.807) is 5.10 Å². The Balaban J connectivity index is 2.56. The van der Waals surface area contributed by atoms with Gasteiger partial charge in [0.1, 0.15) is 0 Å². The topological polar surface area (TPSA) is 96.7 Å². The van der Waals surface area contributed by atoms with Crippen LogP contribution in [-0.2, 0) is 11.0 Å². The van der Waals surface area contributed by atoms with Crippen molar-refractivity contribution in [1.29, 1.82) is 0 Å². The molecule has 1 rings (SSSR count). The summed E-state index contributed by atoms with van der Waals surface area (Å²) in [6.45, 7) is 0.329. The Bertz CT molecular complexity index is 361. The number of aromatic nitrogens is 3. The molecule has 1 heterocycles. The Hall–Kier alpha value is -1.64. The average molecular weight is 237 g/mol. The molecule has 0 saturated carbocycles. The molecule has 90 valence electrons. The van der Waals surface area contributed by atoms with E-state index in [0.717, 1.165) is 0 Å². The van der Waals surface area contributed by atoms with E-state index in [2.05, 4.69) is 15.4 Å². The van der Waals surface area contributed by atoms with E-state index in [9.17, 15) is 18.0 Å². The molecule has 0 saturated heterocycles. The Labute approximate surface area is 88.4 Å².